The van der Waals surface area contributed by atoms with Gasteiger partial charge in [0.2, 0.25) is 11.8 Å². The smallest absolute Gasteiger partial charge is 0.407 e. The fraction of sp³-hybridized carbons (Fsp3) is 0.500. The molecule has 0 unspecified atom stereocenters. The minimum atomic E-state index is -0.632. The largest absolute Gasteiger partial charge is 0.453 e. The molecule has 1 aromatic rings. The Morgan fingerprint density at radius 2 is 1.96 bits per heavy atom. The number of piperidine rings is 1. The quantitative estimate of drug-likeness (QED) is 0.883. The van der Waals surface area contributed by atoms with Gasteiger partial charge in [0, 0.05) is 25.7 Å². The topological polar surface area (TPSA) is 79.0 Å². The zero-order valence-electron chi connectivity index (χ0n) is 14.3. The first-order valence-electron chi connectivity index (χ1n) is 8.52. The van der Waals surface area contributed by atoms with Crippen molar-refractivity contribution in [3.05, 3.63) is 35.9 Å². The maximum absolute atomic E-state index is 12.8. The van der Waals surface area contributed by atoms with Crippen molar-refractivity contribution >= 4 is 17.9 Å². The number of amides is 3. The van der Waals surface area contributed by atoms with Crippen molar-refractivity contribution in [2.24, 2.45) is 5.92 Å². The number of nitrogens with one attached hydrogen (secondary N) is 1. The number of carbonyl (C=O) groups excluding carboxylic acids is 3. The first kappa shape index (κ1) is 17.3. The number of carbonyl (C=O) groups is 3. The number of fused-ring (bicyclic) bond motifs is 4. The Morgan fingerprint density at radius 3 is 2.68 bits per heavy atom. The molecule has 3 fully saturated rings. The zero-order chi connectivity index (χ0) is 17.8. The third-order valence-electron chi connectivity index (χ3n) is 4.91. The Bertz CT molecular complexity index is 649. The minimum absolute atomic E-state index is 0.0218. The maximum Gasteiger partial charge on any atom is 0.407 e. The summed E-state index contributed by atoms with van der Waals surface area (Å²) in [7, 11) is 1.26. The van der Waals surface area contributed by atoms with Crippen LogP contribution in [0.2, 0.25) is 0 Å². The Hall–Kier alpha value is -2.57. The van der Waals surface area contributed by atoms with Gasteiger partial charge in [-0.3, -0.25) is 9.59 Å². The number of hydrogen-bond acceptors (Lipinski definition) is 4. The molecule has 1 aromatic carbocycles. The highest BCUT2D eigenvalue weighted by Gasteiger charge is 2.41. The van der Waals surface area contributed by atoms with Gasteiger partial charge in [-0.05, 0) is 18.4 Å². The van der Waals surface area contributed by atoms with Gasteiger partial charge in [-0.15, -0.1) is 0 Å². The van der Waals surface area contributed by atoms with E-state index in [1.807, 2.05) is 35.2 Å². The van der Waals surface area contributed by atoms with E-state index in [4.69, 9.17) is 0 Å². The van der Waals surface area contributed by atoms with Gasteiger partial charge in [-0.25, -0.2) is 4.79 Å². The van der Waals surface area contributed by atoms with Crippen molar-refractivity contribution in [2.45, 2.75) is 25.4 Å². The number of rotatable bonds is 4. The Kier molecular flexibility index (Phi) is 5.21. The molecule has 0 saturated carbocycles. The van der Waals surface area contributed by atoms with E-state index >= 15 is 0 Å². The Labute approximate surface area is 146 Å². The van der Waals surface area contributed by atoms with Crippen LogP contribution in [0.5, 0.6) is 0 Å². The molecule has 7 heteroatoms. The molecule has 4 rings (SSSR count). The molecule has 3 amide bonds. The van der Waals surface area contributed by atoms with Crippen LogP contribution in [0.1, 0.15) is 18.4 Å². The lowest BCUT2D eigenvalue weighted by Crippen LogP contribution is -2.47. The van der Waals surface area contributed by atoms with E-state index < -0.39 is 6.09 Å². The molecule has 25 heavy (non-hydrogen) atoms. The third-order valence-corrected chi connectivity index (χ3v) is 4.91. The van der Waals surface area contributed by atoms with E-state index in [0.29, 0.717) is 19.6 Å². The first-order chi connectivity index (χ1) is 12.1. The number of nitrogens with zero attached hydrogens (tertiary/aromatic N) is 2. The van der Waals surface area contributed by atoms with E-state index in [9.17, 15) is 14.4 Å². The molecule has 3 saturated heterocycles. The van der Waals surface area contributed by atoms with Crippen molar-refractivity contribution in [2.75, 3.05) is 26.7 Å². The fourth-order valence-electron chi connectivity index (χ4n) is 3.56. The summed E-state index contributed by atoms with van der Waals surface area (Å²) in [6.07, 6.45) is 1.08. The molecule has 0 radical (unpaired) electrons. The standard InChI is InChI=1S/C18H23N3O4/c1-25-18(24)19-9-16(22)20-11-14-7-8-15(12-20)21(17(14)23)10-13-5-3-2-4-6-13/h2-6,14-15H,7-12H2,1H3,(H,19,24)/t14-,15+/m1/s1. The third kappa shape index (κ3) is 3.92. The van der Waals surface area contributed by atoms with Crippen molar-refractivity contribution in [3.8, 4) is 0 Å². The molecular weight excluding hydrogens is 322 g/mol. The highest BCUT2D eigenvalue weighted by Crippen LogP contribution is 2.30. The molecule has 1 N–H and O–H groups in total. The molecule has 2 atom stereocenters. The van der Waals surface area contributed by atoms with Gasteiger partial charge < -0.3 is 19.9 Å². The van der Waals surface area contributed by atoms with Crippen molar-refractivity contribution in [1.82, 2.24) is 15.1 Å². The average Bonchev–Trinajstić information content (AvgIpc) is 2.93. The van der Waals surface area contributed by atoms with Crippen LogP contribution in [-0.2, 0) is 20.9 Å². The normalized spacial score (nSPS) is 22.5. The summed E-state index contributed by atoms with van der Waals surface area (Å²) < 4.78 is 4.48. The molecule has 2 bridgehead atoms. The molecule has 0 spiro atoms. The van der Waals surface area contributed by atoms with Gasteiger partial charge in [0.15, 0.2) is 0 Å². The molecule has 3 aliphatic heterocycles. The zero-order valence-corrected chi connectivity index (χ0v) is 14.3. The van der Waals surface area contributed by atoms with Crippen LogP contribution in [0.15, 0.2) is 30.3 Å². The molecule has 134 valence electrons. The van der Waals surface area contributed by atoms with Crippen LogP contribution in [0, 0.1) is 5.92 Å². The number of benzene rings is 1. The SMILES string of the molecule is COC(=O)NCC(=O)N1C[C@H]2CC[C@@H](C1)N(Cc1ccccc1)C2=O. The second-order valence-electron chi connectivity index (χ2n) is 6.52. The lowest BCUT2D eigenvalue weighted by molar-refractivity contribution is -0.140. The van der Waals surface area contributed by atoms with Crippen LogP contribution < -0.4 is 5.32 Å². The van der Waals surface area contributed by atoms with E-state index in [0.717, 1.165) is 18.4 Å². The highest BCUT2D eigenvalue weighted by atomic mass is 16.5. The Balaban J connectivity index is 1.68. The van der Waals surface area contributed by atoms with Crippen LogP contribution in [-0.4, -0.2) is 60.5 Å². The number of alkyl carbamates (subject to hydrolysis) is 1. The van der Waals surface area contributed by atoms with E-state index in [1.54, 1.807) is 4.90 Å². The van der Waals surface area contributed by atoms with Gasteiger partial charge in [0.25, 0.3) is 0 Å². The summed E-state index contributed by atoms with van der Waals surface area (Å²) in [5.74, 6) is -0.225. The van der Waals surface area contributed by atoms with Crippen molar-refractivity contribution in [1.29, 1.82) is 0 Å². The maximum atomic E-state index is 12.8. The highest BCUT2D eigenvalue weighted by molar-refractivity contribution is 5.85. The van der Waals surface area contributed by atoms with Crippen molar-refractivity contribution in [3.63, 3.8) is 0 Å². The number of hydrogen-bond donors (Lipinski definition) is 1. The van der Waals surface area contributed by atoms with Crippen LogP contribution >= 0.6 is 0 Å². The monoisotopic (exact) mass is 345 g/mol. The van der Waals surface area contributed by atoms with E-state index in [2.05, 4.69) is 10.1 Å². The molecule has 7 nitrogen and oxygen atoms in total. The summed E-state index contributed by atoms with van der Waals surface area (Å²) in [5, 5.41) is 2.41. The second-order valence-corrected chi connectivity index (χ2v) is 6.52. The average molecular weight is 345 g/mol. The van der Waals surface area contributed by atoms with E-state index in [-0.39, 0.29) is 30.3 Å². The molecular formula is C18H23N3O4. The lowest BCUT2D eigenvalue weighted by atomic mass is 9.93. The van der Waals surface area contributed by atoms with Gasteiger partial charge in [-0.2, -0.15) is 0 Å². The molecule has 0 aliphatic carbocycles. The van der Waals surface area contributed by atoms with E-state index in [1.165, 1.54) is 7.11 Å². The predicted molar refractivity (Wildman–Crippen MR) is 90.5 cm³/mol. The van der Waals surface area contributed by atoms with Gasteiger partial charge >= 0.3 is 6.09 Å². The lowest BCUT2D eigenvalue weighted by Gasteiger charge is -2.36. The van der Waals surface area contributed by atoms with Crippen LogP contribution in [0.3, 0.4) is 0 Å². The summed E-state index contributed by atoms with van der Waals surface area (Å²) in [4.78, 5) is 39.9. The predicted octanol–water partition coefficient (Wildman–Crippen LogP) is 0.992. The van der Waals surface area contributed by atoms with Crippen LogP contribution in [0.25, 0.3) is 0 Å². The van der Waals surface area contributed by atoms with Gasteiger partial charge in [0.05, 0.1) is 13.0 Å². The summed E-state index contributed by atoms with van der Waals surface area (Å²) in [6.45, 7) is 1.39. The molecule has 3 aliphatic rings. The summed E-state index contributed by atoms with van der Waals surface area (Å²) in [6, 6.07) is 9.92. The molecule has 0 aromatic heterocycles. The van der Waals surface area contributed by atoms with Gasteiger partial charge in [-0.1, -0.05) is 30.3 Å². The van der Waals surface area contributed by atoms with Crippen LogP contribution in [0.4, 0.5) is 4.79 Å². The van der Waals surface area contributed by atoms with Gasteiger partial charge in [0.1, 0.15) is 6.54 Å². The Morgan fingerprint density at radius 1 is 1.20 bits per heavy atom. The van der Waals surface area contributed by atoms with Crippen molar-refractivity contribution < 1.29 is 19.1 Å². The second kappa shape index (κ2) is 7.55. The number of ether oxygens (including phenoxy) is 1. The first-order valence-corrected chi connectivity index (χ1v) is 8.52. The number of methoxy groups -OCH3 is 1. The molecule has 3 heterocycles. The fourth-order valence-corrected chi connectivity index (χ4v) is 3.56. The minimum Gasteiger partial charge on any atom is -0.453 e. The summed E-state index contributed by atoms with van der Waals surface area (Å²) >= 11 is 0. The summed E-state index contributed by atoms with van der Waals surface area (Å²) in [5.41, 5.74) is 1.09.